The second kappa shape index (κ2) is 13.1. The van der Waals surface area contributed by atoms with Gasteiger partial charge in [-0.05, 0) is 54.8 Å². The highest BCUT2D eigenvalue weighted by atomic mass is 79.9. The van der Waals surface area contributed by atoms with E-state index < -0.39 is 12.0 Å². The zero-order valence-electron chi connectivity index (χ0n) is 16.1. The molecule has 1 N–H and O–H groups in total. The van der Waals surface area contributed by atoms with Gasteiger partial charge in [-0.2, -0.15) is 11.8 Å². The molecule has 0 saturated heterocycles. The fourth-order valence-electron chi connectivity index (χ4n) is 2.32. The van der Waals surface area contributed by atoms with Crippen LogP contribution in [-0.4, -0.2) is 49.7 Å². The van der Waals surface area contributed by atoms with Crippen LogP contribution in [0.2, 0.25) is 0 Å². The lowest BCUT2D eigenvalue weighted by atomic mass is 10.2. The molecule has 2 aromatic carbocycles. The van der Waals surface area contributed by atoms with Gasteiger partial charge in [0.25, 0.3) is 5.91 Å². The summed E-state index contributed by atoms with van der Waals surface area (Å²) in [6.45, 7) is 0.161. The molecule has 156 valence electrons. The fourth-order valence-corrected chi connectivity index (χ4v) is 3.06. The first-order valence-corrected chi connectivity index (χ1v) is 11.3. The van der Waals surface area contributed by atoms with E-state index in [1.54, 1.807) is 23.9 Å². The number of esters is 1. The molecule has 1 atom stereocenters. The van der Waals surface area contributed by atoms with Crippen LogP contribution < -0.4 is 14.8 Å². The maximum atomic E-state index is 12.4. The smallest absolute Gasteiger partial charge is 0.328 e. The summed E-state index contributed by atoms with van der Waals surface area (Å²) in [7, 11) is 0. The summed E-state index contributed by atoms with van der Waals surface area (Å²) in [5.41, 5.74) is 0. The monoisotopic (exact) mass is 481 g/mol. The molecule has 0 aliphatic heterocycles. The molecule has 0 aromatic heterocycles. The summed E-state index contributed by atoms with van der Waals surface area (Å²) in [6.07, 6.45) is 2.42. The van der Waals surface area contributed by atoms with Gasteiger partial charge in [-0.25, -0.2) is 4.79 Å². The van der Waals surface area contributed by atoms with Crippen LogP contribution in [0.1, 0.15) is 6.42 Å². The number of rotatable bonds is 12. The fraction of sp³-hybridized carbons (Fsp3) is 0.333. The quantitative estimate of drug-likeness (QED) is 0.368. The lowest BCUT2D eigenvalue weighted by Crippen LogP contribution is -2.44. The van der Waals surface area contributed by atoms with Gasteiger partial charge in [-0.15, -0.1) is 0 Å². The van der Waals surface area contributed by atoms with E-state index in [0.29, 0.717) is 17.9 Å². The summed E-state index contributed by atoms with van der Waals surface area (Å²) >= 11 is 4.95. The summed E-state index contributed by atoms with van der Waals surface area (Å²) < 4.78 is 17.2. The summed E-state index contributed by atoms with van der Waals surface area (Å²) in [6, 6.07) is 15.7. The van der Waals surface area contributed by atoms with Crippen molar-refractivity contribution in [3.63, 3.8) is 0 Å². The molecule has 1 amide bonds. The Kier molecular flexibility index (Phi) is 10.4. The topological polar surface area (TPSA) is 73.9 Å². The maximum Gasteiger partial charge on any atom is 0.328 e. The molecular weight excluding hydrogens is 458 g/mol. The normalized spacial score (nSPS) is 11.4. The number of thioether (sulfide) groups is 1. The first kappa shape index (κ1) is 23.1. The van der Waals surface area contributed by atoms with Crippen molar-refractivity contribution >= 4 is 39.6 Å². The van der Waals surface area contributed by atoms with Crippen LogP contribution in [0.5, 0.6) is 11.5 Å². The van der Waals surface area contributed by atoms with E-state index >= 15 is 0 Å². The lowest BCUT2D eigenvalue weighted by Gasteiger charge is -2.17. The van der Waals surface area contributed by atoms with E-state index in [-0.39, 0.29) is 25.7 Å². The Morgan fingerprint density at radius 2 is 1.69 bits per heavy atom. The number of nitrogens with one attached hydrogen (secondary N) is 1. The second-order valence-electron chi connectivity index (χ2n) is 5.97. The largest absolute Gasteiger partial charge is 0.490 e. The van der Waals surface area contributed by atoms with E-state index in [0.717, 1.165) is 10.2 Å². The predicted octanol–water partition coefficient (Wildman–Crippen LogP) is 3.69. The summed E-state index contributed by atoms with van der Waals surface area (Å²) in [5.74, 6) is 1.15. The Morgan fingerprint density at radius 1 is 1.00 bits per heavy atom. The van der Waals surface area contributed by atoms with E-state index in [1.165, 1.54) is 0 Å². The van der Waals surface area contributed by atoms with E-state index in [2.05, 4.69) is 21.2 Å². The number of hydrogen-bond acceptors (Lipinski definition) is 6. The van der Waals surface area contributed by atoms with Crippen LogP contribution in [0.4, 0.5) is 0 Å². The van der Waals surface area contributed by atoms with Crippen molar-refractivity contribution in [3.05, 3.63) is 59.1 Å². The van der Waals surface area contributed by atoms with Gasteiger partial charge in [-0.3, -0.25) is 4.79 Å². The molecule has 0 heterocycles. The van der Waals surface area contributed by atoms with Crippen molar-refractivity contribution in [2.45, 2.75) is 12.5 Å². The van der Waals surface area contributed by atoms with Gasteiger partial charge in [-0.1, -0.05) is 34.1 Å². The van der Waals surface area contributed by atoms with Crippen molar-refractivity contribution in [3.8, 4) is 11.5 Å². The molecule has 0 fully saturated rings. The highest BCUT2D eigenvalue weighted by molar-refractivity contribution is 9.10. The molecule has 2 aromatic rings. The van der Waals surface area contributed by atoms with Gasteiger partial charge in [0.2, 0.25) is 0 Å². The Morgan fingerprint density at radius 3 is 2.38 bits per heavy atom. The zero-order valence-corrected chi connectivity index (χ0v) is 18.5. The number of ether oxygens (including phenoxy) is 3. The number of halogens is 1. The summed E-state index contributed by atoms with van der Waals surface area (Å²) in [4.78, 5) is 24.5. The minimum Gasteiger partial charge on any atom is -0.490 e. The van der Waals surface area contributed by atoms with Crippen molar-refractivity contribution in [2.75, 3.05) is 31.8 Å². The highest BCUT2D eigenvalue weighted by Crippen LogP contribution is 2.16. The molecule has 0 bridgehead atoms. The predicted molar refractivity (Wildman–Crippen MR) is 117 cm³/mol. The third-order valence-electron chi connectivity index (χ3n) is 3.75. The Hall–Kier alpha value is -2.19. The van der Waals surface area contributed by atoms with Crippen LogP contribution in [0.15, 0.2) is 59.1 Å². The number of para-hydroxylation sites is 1. The standard InChI is InChI=1S/C21H24BrNO5S/c1-29-14-11-19(23-20(24)15-28-17-5-3-2-4-6-17)21(25)27-13-12-26-18-9-7-16(22)8-10-18/h2-10,19H,11-15H2,1H3,(H,23,24)/t19-/m0/s1. The molecule has 8 heteroatoms. The van der Waals surface area contributed by atoms with Crippen LogP contribution in [0.25, 0.3) is 0 Å². The van der Waals surface area contributed by atoms with Crippen molar-refractivity contribution in [1.82, 2.24) is 5.32 Å². The Balaban J connectivity index is 1.75. The zero-order chi connectivity index (χ0) is 20.9. The average molecular weight is 482 g/mol. The molecule has 0 aliphatic carbocycles. The first-order valence-electron chi connectivity index (χ1n) is 9.09. The second-order valence-corrected chi connectivity index (χ2v) is 7.87. The van der Waals surface area contributed by atoms with Gasteiger partial charge in [0, 0.05) is 4.47 Å². The van der Waals surface area contributed by atoms with Gasteiger partial charge in [0.05, 0.1) is 0 Å². The number of benzene rings is 2. The minimum absolute atomic E-state index is 0.0983. The van der Waals surface area contributed by atoms with Gasteiger partial charge in [0.1, 0.15) is 30.8 Å². The molecule has 6 nitrogen and oxygen atoms in total. The maximum absolute atomic E-state index is 12.4. The molecule has 29 heavy (non-hydrogen) atoms. The Labute approximate surface area is 183 Å². The third-order valence-corrected chi connectivity index (χ3v) is 4.93. The van der Waals surface area contributed by atoms with Crippen LogP contribution >= 0.6 is 27.7 Å². The molecule has 2 rings (SSSR count). The van der Waals surface area contributed by atoms with E-state index in [4.69, 9.17) is 14.2 Å². The van der Waals surface area contributed by atoms with Gasteiger partial charge < -0.3 is 19.5 Å². The molecule has 0 spiro atoms. The number of amides is 1. The van der Waals surface area contributed by atoms with Gasteiger partial charge >= 0.3 is 5.97 Å². The Bertz CT molecular complexity index is 757. The third kappa shape index (κ3) is 9.23. The molecule has 0 unspecified atom stereocenters. The highest BCUT2D eigenvalue weighted by Gasteiger charge is 2.22. The SMILES string of the molecule is CSCC[C@H](NC(=O)COc1ccccc1)C(=O)OCCOc1ccc(Br)cc1. The minimum atomic E-state index is -0.720. The number of carbonyl (C=O) groups excluding carboxylic acids is 2. The van der Waals surface area contributed by atoms with Crippen LogP contribution in [0, 0.1) is 0 Å². The average Bonchev–Trinajstić information content (AvgIpc) is 2.74. The molecular formula is C21H24BrNO5S. The lowest BCUT2D eigenvalue weighted by molar-refractivity contribution is -0.148. The van der Waals surface area contributed by atoms with E-state index in [1.807, 2.05) is 48.7 Å². The number of hydrogen-bond donors (Lipinski definition) is 1. The molecule has 0 aliphatic rings. The van der Waals surface area contributed by atoms with Crippen LogP contribution in [0.3, 0.4) is 0 Å². The van der Waals surface area contributed by atoms with E-state index in [9.17, 15) is 9.59 Å². The number of carbonyl (C=O) groups is 2. The van der Waals surface area contributed by atoms with Gasteiger partial charge in [0.15, 0.2) is 6.61 Å². The molecule has 0 saturated carbocycles. The summed E-state index contributed by atoms with van der Waals surface area (Å²) in [5, 5.41) is 2.69. The van der Waals surface area contributed by atoms with Crippen molar-refractivity contribution in [1.29, 1.82) is 0 Å². The van der Waals surface area contributed by atoms with Crippen LogP contribution in [-0.2, 0) is 14.3 Å². The van der Waals surface area contributed by atoms with Crippen molar-refractivity contribution in [2.24, 2.45) is 0 Å². The molecule has 0 radical (unpaired) electrons. The van der Waals surface area contributed by atoms with Crippen molar-refractivity contribution < 1.29 is 23.8 Å². The first-order chi connectivity index (χ1) is 14.1.